The van der Waals surface area contributed by atoms with Crippen LogP contribution in [0.3, 0.4) is 0 Å². The highest BCUT2D eigenvalue weighted by molar-refractivity contribution is 6.12. The molecule has 0 aliphatic rings. The van der Waals surface area contributed by atoms with Crippen LogP contribution >= 0.6 is 0 Å². The van der Waals surface area contributed by atoms with Crippen molar-refractivity contribution in [3.05, 3.63) is 237 Å². The molecular formula is C60H39N3O. The zero-order valence-electron chi connectivity index (χ0n) is 34.8. The molecule has 10 aromatic carbocycles. The number of aromatic nitrogens is 2. The molecule has 64 heavy (non-hydrogen) atoms. The summed E-state index contributed by atoms with van der Waals surface area (Å²) in [5.41, 5.74) is 16.6. The smallest absolute Gasteiger partial charge is 0.137 e. The van der Waals surface area contributed by atoms with Crippen LogP contribution in [0.1, 0.15) is 0 Å². The van der Waals surface area contributed by atoms with E-state index in [2.05, 4.69) is 251 Å². The Morgan fingerprint density at radius 3 is 1.39 bits per heavy atom. The van der Waals surface area contributed by atoms with Gasteiger partial charge in [0.25, 0.3) is 0 Å². The van der Waals surface area contributed by atoms with Gasteiger partial charge >= 0.3 is 0 Å². The summed E-state index contributed by atoms with van der Waals surface area (Å²) in [4.78, 5) is 2.32. The summed E-state index contributed by atoms with van der Waals surface area (Å²) >= 11 is 0. The van der Waals surface area contributed by atoms with Crippen molar-refractivity contribution in [2.24, 2.45) is 0 Å². The van der Waals surface area contributed by atoms with Crippen LogP contribution in [-0.4, -0.2) is 9.13 Å². The molecule has 0 saturated carbocycles. The van der Waals surface area contributed by atoms with Crippen molar-refractivity contribution in [1.29, 1.82) is 0 Å². The van der Waals surface area contributed by atoms with E-state index in [9.17, 15) is 0 Å². The molecule has 4 heteroatoms. The fourth-order valence-corrected chi connectivity index (χ4v) is 9.92. The first kappa shape index (κ1) is 36.1. The van der Waals surface area contributed by atoms with Gasteiger partial charge in [-0.3, -0.25) is 0 Å². The normalized spacial score (nSPS) is 11.8. The van der Waals surface area contributed by atoms with Gasteiger partial charge in [-0.1, -0.05) is 133 Å². The minimum atomic E-state index is 0.845. The van der Waals surface area contributed by atoms with E-state index in [1.54, 1.807) is 0 Å². The summed E-state index contributed by atoms with van der Waals surface area (Å²) in [6, 6.07) is 85.0. The summed E-state index contributed by atoms with van der Waals surface area (Å²) < 4.78 is 11.4. The first-order valence-electron chi connectivity index (χ1n) is 21.8. The van der Waals surface area contributed by atoms with Crippen molar-refractivity contribution in [3.8, 4) is 33.6 Å². The van der Waals surface area contributed by atoms with E-state index >= 15 is 0 Å². The first-order valence-corrected chi connectivity index (χ1v) is 21.8. The molecule has 3 heterocycles. The Kier molecular flexibility index (Phi) is 8.18. The van der Waals surface area contributed by atoms with Crippen LogP contribution in [0.5, 0.6) is 0 Å². The average Bonchev–Trinajstić information content (AvgIpc) is 4.02. The molecule has 0 N–H and O–H groups in total. The summed E-state index contributed by atoms with van der Waals surface area (Å²) in [6.07, 6.45) is 0. The van der Waals surface area contributed by atoms with Crippen molar-refractivity contribution >= 4 is 82.6 Å². The molecule has 0 aliphatic carbocycles. The van der Waals surface area contributed by atoms with Crippen molar-refractivity contribution < 1.29 is 4.42 Å². The fraction of sp³-hybridized carbons (Fsp3) is 0. The summed E-state index contributed by atoms with van der Waals surface area (Å²) in [6.45, 7) is 0. The number of anilines is 3. The molecule has 0 unspecified atom stereocenters. The molecule has 0 spiro atoms. The van der Waals surface area contributed by atoms with E-state index in [-0.39, 0.29) is 0 Å². The number of furan rings is 1. The molecule has 3 aromatic heterocycles. The second-order valence-corrected chi connectivity index (χ2v) is 16.5. The van der Waals surface area contributed by atoms with Crippen LogP contribution in [-0.2, 0) is 0 Å². The number of hydrogen-bond donors (Lipinski definition) is 0. The molecule has 0 amide bonds. The lowest BCUT2D eigenvalue weighted by molar-refractivity contribution is 0.669. The Labute approximate surface area is 369 Å². The standard InChI is InChI=1S/C60H39N3O/c1-3-13-40(14-4-1)41-23-28-45(29-24-41)61(46-30-25-42(26-31-46)43-27-35-58-53(37-43)51-19-9-12-22-57(51)62(58)44-15-5-2-6-16-44)48-32-34-52-54-38-47(33-36-59(54)64-60(52)39-48)63-55-20-10-7-17-49(55)50-18-8-11-21-56(50)63/h1-39H. The van der Waals surface area contributed by atoms with E-state index in [0.29, 0.717) is 0 Å². The number of benzene rings is 10. The molecule has 300 valence electrons. The molecule has 13 rings (SSSR count). The highest BCUT2D eigenvalue weighted by Crippen LogP contribution is 2.42. The maximum atomic E-state index is 6.67. The zero-order valence-corrected chi connectivity index (χ0v) is 34.8. The third-order valence-corrected chi connectivity index (χ3v) is 12.9. The summed E-state index contributed by atoms with van der Waals surface area (Å²) in [7, 11) is 0. The molecule has 0 aliphatic heterocycles. The third kappa shape index (κ3) is 5.77. The van der Waals surface area contributed by atoms with Gasteiger partial charge in [-0.05, 0) is 119 Å². The molecule has 0 fully saturated rings. The Hall–Kier alpha value is -8.60. The largest absolute Gasteiger partial charge is 0.456 e. The molecular weight excluding hydrogens is 779 g/mol. The average molecular weight is 818 g/mol. The van der Waals surface area contributed by atoms with Gasteiger partial charge in [0.15, 0.2) is 0 Å². The molecule has 0 bridgehead atoms. The van der Waals surface area contributed by atoms with Crippen LogP contribution < -0.4 is 4.90 Å². The minimum absolute atomic E-state index is 0.845. The lowest BCUT2D eigenvalue weighted by Gasteiger charge is -2.26. The number of rotatable bonds is 7. The lowest BCUT2D eigenvalue weighted by atomic mass is 10.0. The maximum absolute atomic E-state index is 6.67. The van der Waals surface area contributed by atoms with Crippen LogP contribution in [0, 0.1) is 0 Å². The Morgan fingerprint density at radius 1 is 0.266 bits per heavy atom. The van der Waals surface area contributed by atoms with Crippen molar-refractivity contribution in [2.75, 3.05) is 4.90 Å². The Morgan fingerprint density at radius 2 is 0.750 bits per heavy atom. The van der Waals surface area contributed by atoms with Crippen molar-refractivity contribution in [3.63, 3.8) is 0 Å². The minimum Gasteiger partial charge on any atom is -0.456 e. The van der Waals surface area contributed by atoms with Gasteiger partial charge in [0.2, 0.25) is 0 Å². The summed E-state index contributed by atoms with van der Waals surface area (Å²) in [5, 5.41) is 7.15. The predicted octanol–water partition coefficient (Wildman–Crippen LogP) is 16.6. The highest BCUT2D eigenvalue weighted by Gasteiger charge is 2.19. The number of para-hydroxylation sites is 4. The topological polar surface area (TPSA) is 26.2 Å². The zero-order chi connectivity index (χ0) is 42.1. The second kappa shape index (κ2) is 14.5. The van der Waals surface area contributed by atoms with Gasteiger partial charge in [-0.15, -0.1) is 0 Å². The number of nitrogens with zero attached hydrogens (tertiary/aromatic N) is 3. The number of fused-ring (bicyclic) bond motifs is 9. The van der Waals surface area contributed by atoms with E-state index in [0.717, 1.165) is 55.9 Å². The fourth-order valence-electron chi connectivity index (χ4n) is 9.92. The van der Waals surface area contributed by atoms with Crippen LogP contribution in [0.25, 0.3) is 99.2 Å². The van der Waals surface area contributed by atoms with Gasteiger partial charge in [-0.2, -0.15) is 0 Å². The van der Waals surface area contributed by atoms with Crippen molar-refractivity contribution in [2.45, 2.75) is 0 Å². The van der Waals surface area contributed by atoms with Gasteiger partial charge in [-0.25, -0.2) is 0 Å². The SMILES string of the molecule is c1ccc(-c2ccc(N(c3ccc(-c4ccc5c(c4)c4ccccc4n5-c4ccccc4)cc3)c3ccc4c(c3)oc3ccc(-n5c6ccccc6c6ccccc65)cc34)cc2)cc1. The molecule has 4 nitrogen and oxygen atoms in total. The second-order valence-electron chi connectivity index (χ2n) is 16.5. The van der Waals surface area contributed by atoms with E-state index in [1.807, 2.05) is 0 Å². The quantitative estimate of drug-likeness (QED) is 0.160. The monoisotopic (exact) mass is 817 g/mol. The third-order valence-electron chi connectivity index (χ3n) is 12.9. The maximum Gasteiger partial charge on any atom is 0.137 e. The van der Waals surface area contributed by atoms with Gasteiger partial charge < -0.3 is 18.5 Å². The van der Waals surface area contributed by atoms with E-state index in [4.69, 9.17) is 4.42 Å². The highest BCUT2D eigenvalue weighted by atomic mass is 16.3. The Bertz CT molecular complexity index is 3820. The molecule has 0 atom stereocenters. The van der Waals surface area contributed by atoms with Crippen molar-refractivity contribution in [1.82, 2.24) is 9.13 Å². The number of hydrogen-bond acceptors (Lipinski definition) is 2. The van der Waals surface area contributed by atoms with E-state index < -0.39 is 0 Å². The van der Waals surface area contributed by atoms with Gasteiger partial charge in [0.1, 0.15) is 11.2 Å². The Balaban J connectivity index is 0.910. The van der Waals surface area contributed by atoms with Crippen LogP contribution in [0.4, 0.5) is 17.1 Å². The van der Waals surface area contributed by atoms with Crippen LogP contribution in [0.2, 0.25) is 0 Å². The first-order chi connectivity index (χ1) is 31.7. The molecule has 0 saturated heterocycles. The van der Waals surface area contributed by atoms with Gasteiger partial charge in [0, 0.05) is 66.8 Å². The molecule has 13 aromatic rings. The summed E-state index contributed by atoms with van der Waals surface area (Å²) in [5.74, 6) is 0. The van der Waals surface area contributed by atoms with E-state index in [1.165, 1.54) is 60.3 Å². The molecule has 0 radical (unpaired) electrons. The van der Waals surface area contributed by atoms with Crippen LogP contribution in [0.15, 0.2) is 241 Å². The van der Waals surface area contributed by atoms with Gasteiger partial charge in [0.05, 0.1) is 22.1 Å². The lowest BCUT2D eigenvalue weighted by Crippen LogP contribution is -2.09. The predicted molar refractivity (Wildman–Crippen MR) is 268 cm³/mol.